The minimum absolute atomic E-state index is 0.0330. The summed E-state index contributed by atoms with van der Waals surface area (Å²) in [6, 6.07) is 6.29. The first-order chi connectivity index (χ1) is 8.34. The van der Waals surface area contributed by atoms with Gasteiger partial charge in [0.2, 0.25) is 10.0 Å². The van der Waals surface area contributed by atoms with E-state index < -0.39 is 16.1 Å². The normalized spacial score (nSPS) is 13.8. The molecule has 0 aliphatic carbocycles. The van der Waals surface area contributed by atoms with Crippen LogP contribution in [-0.2, 0) is 15.8 Å². The van der Waals surface area contributed by atoms with E-state index in [0.717, 1.165) is 0 Å². The maximum absolute atomic E-state index is 11.9. The molecule has 0 saturated heterocycles. The summed E-state index contributed by atoms with van der Waals surface area (Å²) in [5.74, 6) is -0.105. The second kappa shape index (κ2) is 6.17. The van der Waals surface area contributed by atoms with E-state index in [1.54, 1.807) is 24.3 Å². The first-order valence-corrected chi connectivity index (χ1v) is 7.44. The molecule has 1 unspecified atom stereocenters. The van der Waals surface area contributed by atoms with E-state index in [9.17, 15) is 8.42 Å². The molecule has 1 aromatic rings. The molecular formula is C12H20N2O3S. The highest BCUT2D eigenvalue weighted by atomic mass is 32.2. The van der Waals surface area contributed by atoms with Crippen LogP contribution in [-0.4, -0.2) is 26.2 Å². The van der Waals surface area contributed by atoms with E-state index in [2.05, 4.69) is 4.72 Å². The topological polar surface area (TPSA) is 92.4 Å². The van der Waals surface area contributed by atoms with Gasteiger partial charge in [0.15, 0.2) is 0 Å². The molecule has 6 heteroatoms. The molecular weight excluding hydrogens is 252 g/mol. The Hall–Kier alpha value is -1.11. The van der Waals surface area contributed by atoms with Crippen LogP contribution in [0.25, 0.3) is 0 Å². The molecule has 0 bridgehead atoms. The number of benzene rings is 1. The van der Waals surface area contributed by atoms with Crippen LogP contribution in [0.2, 0.25) is 0 Å². The fraction of sp³-hybridized carbons (Fsp3) is 0.500. The summed E-state index contributed by atoms with van der Waals surface area (Å²) in [5, 5.41) is 9.12. The first kappa shape index (κ1) is 14.9. The van der Waals surface area contributed by atoms with Crippen LogP contribution in [0.4, 0.5) is 5.69 Å². The average molecular weight is 272 g/mol. The molecule has 1 aromatic carbocycles. The first-order valence-electron chi connectivity index (χ1n) is 5.79. The Morgan fingerprint density at radius 3 is 2.56 bits per heavy atom. The predicted molar refractivity (Wildman–Crippen MR) is 72.3 cm³/mol. The van der Waals surface area contributed by atoms with E-state index >= 15 is 0 Å². The van der Waals surface area contributed by atoms with Gasteiger partial charge in [0.25, 0.3) is 0 Å². The van der Waals surface area contributed by atoms with E-state index in [0.29, 0.717) is 11.3 Å². The van der Waals surface area contributed by atoms with E-state index in [1.807, 2.05) is 13.8 Å². The molecule has 0 amide bonds. The average Bonchev–Trinajstić information content (AvgIpc) is 2.25. The molecule has 0 fully saturated rings. The van der Waals surface area contributed by atoms with Crippen molar-refractivity contribution in [3.63, 3.8) is 0 Å². The highest BCUT2D eigenvalue weighted by molar-refractivity contribution is 7.88. The van der Waals surface area contributed by atoms with Gasteiger partial charge in [-0.25, -0.2) is 13.1 Å². The summed E-state index contributed by atoms with van der Waals surface area (Å²) in [6.07, 6.45) is 0. The lowest BCUT2D eigenvalue weighted by atomic mass is 10.1. The van der Waals surface area contributed by atoms with Crippen LogP contribution in [0.3, 0.4) is 0 Å². The molecule has 5 nitrogen and oxygen atoms in total. The molecule has 0 radical (unpaired) electrons. The Balaban J connectivity index is 2.76. The monoisotopic (exact) mass is 272 g/mol. The molecule has 0 aliphatic heterocycles. The van der Waals surface area contributed by atoms with Gasteiger partial charge in [0.1, 0.15) is 0 Å². The van der Waals surface area contributed by atoms with Gasteiger partial charge in [-0.3, -0.25) is 0 Å². The predicted octanol–water partition coefficient (Wildman–Crippen LogP) is 0.705. The number of hydrogen-bond donors (Lipinski definition) is 3. The van der Waals surface area contributed by atoms with Crippen LogP contribution in [0.1, 0.15) is 19.4 Å². The van der Waals surface area contributed by atoms with Crippen molar-refractivity contribution >= 4 is 15.7 Å². The third kappa shape index (κ3) is 4.64. The summed E-state index contributed by atoms with van der Waals surface area (Å²) in [6.45, 7) is 3.49. The zero-order valence-electron chi connectivity index (χ0n) is 10.6. The summed E-state index contributed by atoms with van der Waals surface area (Å²) >= 11 is 0. The Morgan fingerprint density at radius 1 is 1.39 bits per heavy atom. The fourth-order valence-corrected chi connectivity index (χ4v) is 3.07. The maximum atomic E-state index is 11.9. The Morgan fingerprint density at radius 2 is 2.06 bits per heavy atom. The molecule has 102 valence electrons. The molecule has 0 aromatic heterocycles. The van der Waals surface area contributed by atoms with Crippen molar-refractivity contribution in [3.8, 4) is 0 Å². The van der Waals surface area contributed by atoms with Gasteiger partial charge in [-0.05, 0) is 23.6 Å². The van der Waals surface area contributed by atoms with Gasteiger partial charge in [-0.2, -0.15) is 0 Å². The second-order valence-corrected chi connectivity index (χ2v) is 6.41. The van der Waals surface area contributed by atoms with Crippen LogP contribution in [0, 0.1) is 5.92 Å². The Labute approximate surface area is 108 Å². The van der Waals surface area contributed by atoms with Gasteiger partial charge >= 0.3 is 0 Å². The molecule has 0 heterocycles. The minimum atomic E-state index is -3.47. The number of hydrogen-bond acceptors (Lipinski definition) is 4. The van der Waals surface area contributed by atoms with Crippen molar-refractivity contribution in [2.24, 2.45) is 5.92 Å². The van der Waals surface area contributed by atoms with Crippen LogP contribution in [0.5, 0.6) is 0 Å². The highest BCUT2D eigenvalue weighted by Crippen LogP contribution is 2.11. The van der Waals surface area contributed by atoms with Crippen LogP contribution >= 0.6 is 0 Å². The Kier molecular flexibility index (Phi) is 5.13. The van der Waals surface area contributed by atoms with Crippen molar-refractivity contribution in [3.05, 3.63) is 29.8 Å². The van der Waals surface area contributed by atoms with Crippen LogP contribution in [0.15, 0.2) is 24.3 Å². The molecule has 1 rings (SSSR count). The van der Waals surface area contributed by atoms with Crippen molar-refractivity contribution in [2.45, 2.75) is 25.6 Å². The quantitative estimate of drug-likeness (QED) is 0.665. The summed E-state index contributed by atoms with van der Waals surface area (Å²) in [5.41, 5.74) is 6.76. The van der Waals surface area contributed by atoms with E-state index in [4.69, 9.17) is 10.8 Å². The number of aliphatic hydroxyl groups excluding tert-OH is 1. The standard InChI is InChI=1S/C12H20N2O3S/c1-9(2)12(7-15)14-18(16,17)8-10-4-3-5-11(13)6-10/h3-6,9,12,14-15H,7-8,13H2,1-2H3. The lowest BCUT2D eigenvalue weighted by Crippen LogP contribution is -2.41. The SMILES string of the molecule is CC(C)C(CO)NS(=O)(=O)Cc1cccc(N)c1. The number of aliphatic hydroxyl groups is 1. The number of sulfonamides is 1. The smallest absolute Gasteiger partial charge is 0.216 e. The van der Waals surface area contributed by atoms with Crippen LogP contribution < -0.4 is 10.5 Å². The van der Waals surface area contributed by atoms with Crippen molar-refractivity contribution in [2.75, 3.05) is 12.3 Å². The number of nitrogen functional groups attached to an aromatic ring is 1. The lowest BCUT2D eigenvalue weighted by molar-refractivity contribution is 0.227. The number of nitrogens with two attached hydrogens (primary N) is 1. The molecule has 18 heavy (non-hydrogen) atoms. The molecule has 0 saturated carbocycles. The highest BCUT2D eigenvalue weighted by Gasteiger charge is 2.20. The second-order valence-electron chi connectivity index (χ2n) is 4.66. The fourth-order valence-electron chi connectivity index (χ4n) is 1.56. The molecule has 4 N–H and O–H groups in total. The number of nitrogens with one attached hydrogen (secondary N) is 1. The lowest BCUT2D eigenvalue weighted by Gasteiger charge is -2.19. The van der Waals surface area contributed by atoms with E-state index in [1.165, 1.54) is 0 Å². The zero-order chi connectivity index (χ0) is 13.8. The summed E-state index contributed by atoms with van der Waals surface area (Å²) in [4.78, 5) is 0. The molecule has 0 aliphatic rings. The van der Waals surface area contributed by atoms with Crippen molar-refractivity contribution < 1.29 is 13.5 Å². The zero-order valence-corrected chi connectivity index (χ0v) is 11.4. The van der Waals surface area contributed by atoms with Gasteiger partial charge in [0.05, 0.1) is 12.4 Å². The molecule has 1 atom stereocenters. The van der Waals surface area contributed by atoms with Gasteiger partial charge in [-0.15, -0.1) is 0 Å². The van der Waals surface area contributed by atoms with Gasteiger partial charge < -0.3 is 10.8 Å². The van der Waals surface area contributed by atoms with Crippen molar-refractivity contribution in [1.82, 2.24) is 4.72 Å². The van der Waals surface area contributed by atoms with E-state index in [-0.39, 0.29) is 18.3 Å². The van der Waals surface area contributed by atoms with Crippen molar-refractivity contribution in [1.29, 1.82) is 0 Å². The third-order valence-electron chi connectivity index (χ3n) is 2.64. The Bertz CT molecular complexity index is 486. The maximum Gasteiger partial charge on any atom is 0.216 e. The van der Waals surface area contributed by atoms with Gasteiger partial charge in [-0.1, -0.05) is 26.0 Å². The summed E-state index contributed by atoms with van der Waals surface area (Å²) < 4.78 is 26.3. The van der Waals surface area contributed by atoms with Gasteiger partial charge in [0, 0.05) is 11.7 Å². The number of anilines is 1. The minimum Gasteiger partial charge on any atom is -0.399 e. The third-order valence-corrected chi connectivity index (χ3v) is 4.02. The number of rotatable bonds is 6. The summed E-state index contributed by atoms with van der Waals surface area (Å²) in [7, 11) is -3.47. The largest absolute Gasteiger partial charge is 0.399 e. The molecule has 0 spiro atoms.